The summed E-state index contributed by atoms with van der Waals surface area (Å²) < 4.78 is 0. The van der Waals surface area contributed by atoms with E-state index in [1.807, 2.05) is 0 Å². The summed E-state index contributed by atoms with van der Waals surface area (Å²) in [6.45, 7) is 22.2. The third-order valence-corrected chi connectivity index (χ3v) is 5.75. The van der Waals surface area contributed by atoms with E-state index in [-0.39, 0.29) is 15.6 Å². The average molecular weight is 445 g/mol. The minimum absolute atomic E-state index is 0. The van der Waals surface area contributed by atoms with E-state index < -0.39 is 0 Å². The number of allylic oxidation sites excluding steroid dienone is 2. The minimum Gasteiger partial charge on any atom is -0.870 e. The topological polar surface area (TPSA) is 58.1 Å². The minimum atomic E-state index is 0. The van der Waals surface area contributed by atoms with Gasteiger partial charge in [-0.2, -0.15) is 5.70 Å². The predicted octanol–water partition coefficient (Wildman–Crippen LogP) is 7.40. The van der Waals surface area contributed by atoms with Crippen molar-refractivity contribution in [3.05, 3.63) is 75.7 Å². The molecule has 0 aliphatic heterocycles. The molecule has 0 amide bonds. The molecule has 0 heterocycles. The number of benzene rings is 2. The molecule has 4 heteroatoms. The molecule has 3 nitrogen and oxygen atoms in total. The largest absolute Gasteiger partial charge is 2.00 e. The van der Waals surface area contributed by atoms with Gasteiger partial charge in [-0.15, -0.1) is 5.69 Å². The summed E-state index contributed by atoms with van der Waals surface area (Å²) in [5, 5.41) is 5.10. The van der Waals surface area contributed by atoms with Gasteiger partial charge in [0.25, 0.3) is 0 Å². The summed E-state index contributed by atoms with van der Waals surface area (Å²) in [4.78, 5) is 3.71. The molecule has 0 bridgehead atoms. The van der Waals surface area contributed by atoms with E-state index >= 15 is 0 Å². The summed E-state index contributed by atoms with van der Waals surface area (Å²) in [6, 6.07) is 13.2. The molecule has 0 unspecified atom stereocenters. The molecule has 2 rings (SSSR count). The van der Waals surface area contributed by atoms with Gasteiger partial charge < -0.3 is 10.8 Å². The summed E-state index contributed by atoms with van der Waals surface area (Å²) in [7, 11) is 0. The quantitative estimate of drug-likeness (QED) is 0.334. The predicted molar refractivity (Wildman–Crippen MR) is 145 cm³/mol. The molecule has 0 saturated carbocycles. The van der Waals surface area contributed by atoms with Crippen LogP contribution in [-0.2, 0) is 0 Å². The van der Waals surface area contributed by atoms with Crippen molar-refractivity contribution in [2.75, 3.05) is 0 Å². The number of hydrogen-bond acceptors (Lipinski definition) is 1. The van der Waals surface area contributed by atoms with Gasteiger partial charge in [0.2, 0.25) is 5.69 Å². The Labute approximate surface area is 206 Å². The molecule has 0 saturated heterocycles. The summed E-state index contributed by atoms with van der Waals surface area (Å²) in [6.07, 6.45) is 2.17. The number of nitrogens with one attached hydrogen (secondary N) is 1. The Morgan fingerprint density at radius 1 is 0.697 bits per heavy atom. The van der Waals surface area contributed by atoms with E-state index in [4.69, 9.17) is 5.32 Å². The van der Waals surface area contributed by atoms with Gasteiger partial charge in [0, 0.05) is 18.1 Å². The molecule has 0 aliphatic rings. The monoisotopic (exact) mass is 444 g/mol. The molecule has 2 N–H and O–H groups in total. The second kappa shape index (κ2) is 13.5. The smallest absolute Gasteiger partial charge is 0.870 e. The molecular formula is C29H43BeN2O+. The van der Waals surface area contributed by atoms with Gasteiger partial charge in [0.1, 0.15) is 0 Å². The van der Waals surface area contributed by atoms with Crippen molar-refractivity contribution in [1.82, 2.24) is 0 Å². The van der Waals surface area contributed by atoms with Crippen LogP contribution in [0.5, 0.6) is 0 Å². The first-order chi connectivity index (χ1) is 14.5. The van der Waals surface area contributed by atoms with Gasteiger partial charge in [-0.05, 0) is 29.7 Å². The summed E-state index contributed by atoms with van der Waals surface area (Å²) >= 11 is 0. The SMILES string of the molecule is CC(/C=C(/C)[N-]c1c(C(C)C)cccc1C(C)C)=[NH+]c1c(C(C)C)cccc1C(C)C.[Be+2].[OH-]. The van der Waals surface area contributed by atoms with Crippen molar-refractivity contribution in [1.29, 1.82) is 0 Å². The molecule has 33 heavy (non-hydrogen) atoms. The maximum absolute atomic E-state index is 5.10. The Bertz CT molecular complexity index is 904. The van der Waals surface area contributed by atoms with Crippen LogP contribution in [0.4, 0.5) is 11.4 Å². The van der Waals surface area contributed by atoms with E-state index in [1.54, 1.807) is 0 Å². The molecule has 176 valence electrons. The number of para-hydroxylation sites is 2. The van der Waals surface area contributed by atoms with Crippen LogP contribution in [0.15, 0.2) is 48.2 Å². The molecule has 0 fully saturated rings. The van der Waals surface area contributed by atoms with Gasteiger partial charge >= 0.3 is 10.1 Å². The van der Waals surface area contributed by atoms with E-state index in [1.165, 1.54) is 27.9 Å². The Morgan fingerprint density at radius 2 is 1.06 bits per heavy atom. The van der Waals surface area contributed by atoms with Crippen LogP contribution in [0.2, 0.25) is 0 Å². The first kappa shape index (κ1) is 30.8. The van der Waals surface area contributed by atoms with E-state index in [0.29, 0.717) is 23.7 Å². The van der Waals surface area contributed by atoms with Crippen LogP contribution in [0, 0.1) is 0 Å². The fraction of sp³-hybridized carbons (Fsp3) is 0.483. The second-order valence-electron chi connectivity index (χ2n) is 9.92. The third kappa shape index (κ3) is 7.95. The zero-order valence-corrected chi connectivity index (χ0v) is 22.5. The number of nitrogens with zero attached hydrogens (tertiary/aromatic N) is 1. The van der Waals surface area contributed by atoms with Crippen LogP contribution < -0.4 is 4.99 Å². The molecule has 0 radical (unpaired) electrons. The standard InChI is InChI=1S/C29H41N2.Be.H2O/c1-18(2)24-13-11-14-25(19(3)4)28(24)30-22(9)17-23(10)31-29-26(20(5)6)15-12-16-27(29)21(7)8;;/h11-21H,1-10H3;;1H2/q-1;+2;/b22-17-,31-23?;;. The van der Waals surface area contributed by atoms with E-state index in [0.717, 1.165) is 17.1 Å². The fourth-order valence-corrected chi connectivity index (χ4v) is 4.09. The van der Waals surface area contributed by atoms with Crippen molar-refractivity contribution in [3.63, 3.8) is 0 Å². The number of rotatable bonds is 8. The van der Waals surface area contributed by atoms with Crippen molar-refractivity contribution in [2.24, 2.45) is 0 Å². The molecule has 0 aliphatic carbocycles. The van der Waals surface area contributed by atoms with E-state index in [9.17, 15) is 0 Å². The fourth-order valence-electron chi connectivity index (χ4n) is 4.09. The maximum Gasteiger partial charge on any atom is 2.00 e. The van der Waals surface area contributed by atoms with Gasteiger partial charge in [-0.1, -0.05) is 110 Å². The van der Waals surface area contributed by atoms with Crippen LogP contribution in [0.3, 0.4) is 0 Å². The maximum atomic E-state index is 5.10. The Balaban J connectivity index is 0.00000512. The van der Waals surface area contributed by atoms with E-state index in [2.05, 4.69) is 117 Å². The number of hydrogen-bond donors (Lipinski definition) is 1. The second-order valence-corrected chi connectivity index (χ2v) is 9.92. The van der Waals surface area contributed by atoms with Crippen LogP contribution in [0.1, 0.15) is 115 Å². The van der Waals surface area contributed by atoms with Gasteiger partial charge in [-0.3, -0.25) is 0 Å². The zero-order chi connectivity index (χ0) is 23.3. The van der Waals surface area contributed by atoms with Crippen molar-refractivity contribution in [3.8, 4) is 0 Å². The molecular weight excluding hydrogens is 401 g/mol. The molecule has 0 atom stereocenters. The first-order valence-electron chi connectivity index (χ1n) is 11.8. The molecule has 2 aromatic rings. The van der Waals surface area contributed by atoms with Crippen LogP contribution >= 0.6 is 0 Å². The van der Waals surface area contributed by atoms with Crippen molar-refractivity contribution >= 4 is 27.2 Å². The zero-order valence-electron chi connectivity index (χ0n) is 22.5. The van der Waals surface area contributed by atoms with Crippen LogP contribution in [0.25, 0.3) is 5.32 Å². The summed E-state index contributed by atoms with van der Waals surface area (Å²) in [5.41, 5.74) is 9.88. The Hall–Kier alpha value is -2.22. The van der Waals surface area contributed by atoms with Gasteiger partial charge in [-0.25, -0.2) is 4.99 Å². The Morgan fingerprint density at radius 3 is 1.42 bits per heavy atom. The van der Waals surface area contributed by atoms with Gasteiger partial charge in [0.05, 0.1) is 0 Å². The first-order valence-corrected chi connectivity index (χ1v) is 11.8. The van der Waals surface area contributed by atoms with Crippen LogP contribution in [-0.4, -0.2) is 21.3 Å². The normalized spacial score (nSPS) is 12.3. The summed E-state index contributed by atoms with van der Waals surface area (Å²) in [5.74, 6) is 1.82. The van der Waals surface area contributed by atoms with Gasteiger partial charge in [0.15, 0.2) is 5.71 Å². The average Bonchev–Trinajstić information content (AvgIpc) is 2.67. The van der Waals surface area contributed by atoms with Crippen molar-refractivity contribution < 1.29 is 10.5 Å². The molecule has 2 aromatic carbocycles. The van der Waals surface area contributed by atoms with Crippen molar-refractivity contribution in [2.45, 2.75) is 92.9 Å². The molecule has 0 spiro atoms. The molecule has 0 aromatic heterocycles. The Kier molecular flexibility index (Phi) is 12.6. The third-order valence-electron chi connectivity index (χ3n) is 5.75.